The molecule has 4 amide bonds. The van der Waals surface area contributed by atoms with Gasteiger partial charge in [-0.05, 0) is 155 Å². The lowest BCUT2D eigenvalue weighted by Gasteiger charge is -2.29. The van der Waals surface area contributed by atoms with Crippen molar-refractivity contribution in [1.29, 1.82) is 0 Å². The van der Waals surface area contributed by atoms with E-state index in [0.717, 1.165) is 150 Å². The zero-order valence-electron chi connectivity index (χ0n) is 63.5. The highest BCUT2D eigenvalue weighted by atomic mass is 16.6. The Morgan fingerprint density at radius 3 is 1.52 bits per heavy atom. The van der Waals surface area contributed by atoms with Gasteiger partial charge in [-0.15, -0.1) is 0 Å². The van der Waals surface area contributed by atoms with Crippen molar-refractivity contribution in [2.45, 2.75) is 73.7 Å². The predicted octanol–water partition coefficient (Wildman–Crippen LogP) is 14.2. The number of nitrogens with one attached hydrogen (secondary N) is 4. The average Bonchev–Trinajstić information content (AvgIpc) is 1.25. The number of nitrogens with zero attached hydrogens (tertiary/aromatic N) is 11. The standard InChI is InChI=1S/C31H37N5O5.C30H35N5O5.C23H23N5O2/c1-22-6-5-7-23(2)29(22)41-31(38)36-14-3-4-18-39-21-24-20-25(33-30-32-13-10-28(36)34-30)8-9-27(24)40-19-17-35-15-11-26(37)12-16-35;1-22-6-5-7-23(2)28(22)40-30(36)35-12-3-4-16-38-21-24-20-25(32-29-31-11-10-27(35)33-29)8-9-26(24)39-19-15-34-13-17-37-18-14-34;1-16-7-5-8-17(2)22(16)27-23(29)28-11-3-4-12-30-19-10-6-9-18(13-19)26-20-14-21(28)25-15-24-20/h3-10,13,20,26,37H,11-12,14-19,21H2,1-2H3,(H,32,33,34);3-11,20H,12-19,21H2,1-2H3,(H,31,32,33);3-10,13-15H,11-12H2,1-2H3,(H,27,29)(H,24,25,26)/b3*4-3-. The van der Waals surface area contributed by atoms with Gasteiger partial charge in [-0.25, -0.2) is 34.3 Å². The van der Waals surface area contributed by atoms with Gasteiger partial charge in [-0.1, -0.05) is 91.0 Å². The first-order valence-electron chi connectivity index (χ1n) is 37.2. The second kappa shape index (κ2) is 39.5. The first-order chi connectivity index (χ1) is 54.1. The number of aliphatic hydroxyl groups is 1. The molecule has 2 fully saturated rings. The summed E-state index contributed by atoms with van der Waals surface area (Å²) in [4.78, 5) is 75.6. The highest BCUT2D eigenvalue weighted by molar-refractivity contribution is 6.02. The van der Waals surface area contributed by atoms with Gasteiger partial charge < -0.3 is 64.3 Å². The largest absolute Gasteiger partial charge is 0.492 e. The number of urea groups is 1. The number of fused-ring (bicyclic) bond motifs is 12. The van der Waals surface area contributed by atoms with E-state index in [1.807, 2.05) is 193 Å². The lowest BCUT2D eigenvalue weighted by molar-refractivity contribution is 0.0320. The molecule has 12 bridgehead atoms. The van der Waals surface area contributed by atoms with Crippen LogP contribution in [0.4, 0.5) is 72.3 Å². The van der Waals surface area contributed by atoms with Crippen LogP contribution in [-0.2, 0) is 27.4 Å². The maximum absolute atomic E-state index is 13.3. The third-order valence-electron chi connectivity index (χ3n) is 18.7. The monoisotopic (exact) mass is 1510 g/mol. The fourth-order valence-electron chi connectivity index (χ4n) is 12.7. The second-order valence-electron chi connectivity index (χ2n) is 27.0. The highest BCUT2D eigenvalue weighted by Crippen LogP contribution is 2.32. The van der Waals surface area contributed by atoms with Gasteiger partial charge in [0.15, 0.2) is 0 Å². The summed E-state index contributed by atoms with van der Waals surface area (Å²) in [7, 11) is 0. The van der Waals surface area contributed by atoms with Crippen LogP contribution in [0.25, 0.3) is 0 Å². The molecule has 5 aliphatic rings. The molecule has 5 aliphatic heterocycles. The van der Waals surface area contributed by atoms with Crippen LogP contribution < -0.4 is 59.7 Å². The van der Waals surface area contributed by atoms with Crippen molar-refractivity contribution in [2.24, 2.45) is 0 Å². The molecule has 578 valence electrons. The summed E-state index contributed by atoms with van der Waals surface area (Å²) in [5, 5.41) is 22.5. The Balaban J connectivity index is 0.000000157. The number of ether oxygens (including phenoxy) is 8. The SMILES string of the molecule is Cc1cccc(C)c1NC(=O)N1C/C=C\COc2cccc(c2)Nc2cc1ncn2.Cc1cccc(C)c1OC(=O)N1C/C=C\COCc2cc(ccc2OCCN2CCC(O)CC2)Nc2nccc1n2.Cc1cccc(C)c1OC(=O)N1C/C=C\COCc2cc(ccc2OCCN2CCOCC2)Nc2nccc1n2. The Labute approximate surface area is 646 Å². The Morgan fingerprint density at radius 1 is 0.495 bits per heavy atom. The number of aliphatic hydroxyl groups excluding tert-OH is 1. The number of hydrogen-bond acceptors (Lipinski definition) is 23. The van der Waals surface area contributed by atoms with Crippen LogP contribution in [0.15, 0.2) is 189 Å². The number of amides is 4. The number of anilines is 10. The number of carbonyl (C=O) groups excluding carboxylic acids is 3. The molecule has 0 atom stereocenters. The molecule has 27 heteroatoms. The molecule has 9 aromatic rings. The quantitative estimate of drug-likeness (QED) is 0.0752. The molecule has 0 aliphatic carbocycles. The normalized spacial score (nSPS) is 16.3. The molecule has 0 radical (unpaired) electrons. The fraction of sp³-hybridized carbons (Fsp3) is 0.321. The first-order valence-corrected chi connectivity index (χ1v) is 37.2. The van der Waals surface area contributed by atoms with Crippen molar-refractivity contribution >= 4 is 76.1 Å². The minimum absolute atomic E-state index is 0.185. The number of aryl methyl sites for hydroxylation is 6. The number of morpholine rings is 1. The van der Waals surface area contributed by atoms with Crippen LogP contribution in [0.5, 0.6) is 28.7 Å². The molecule has 0 saturated carbocycles. The summed E-state index contributed by atoms with van der Waals surface area (Å²) in [6.45, 7) is 22.2. The van der Waals surface area contributed by atoms with Crippen LogP contribution in [0, 0.1) is 41.5 Å². The molecule has 27 nitrogen and oxygen atoms in total. The number of benzene rings is 6. The van der Waals surface area contributed by atoms with Crippen molar-refractivity contribution in [2.75, 3.05) is 141 Å². The van der Waals surface area contributed by atoms with Crippen molar-refractivity contribution in [3.05, 3.63) is 233 Å². The molecular formula is C84H95N15O12. The Kier molecular flexibility index (Phi) is 28.0. The average molecular weight is 1510 g/mol. The van der Waals surface area contributed by atoms with E-state index in [9.17, 15) is 19.5 Å². The topological polar surface area (TPSA) is 287 Å². The molecule has 111 heavy (non-hydrogen) atoms. The Morgan fingerprint density at radius 2 is 0.982 bits per heavy atom. The molecule has 0 spiro atoms. The number of piperidine rings is 1. The Bertz CT molecular complexity index is 4680. The summed E-state index contributed by atoms with van der Waals surface area (Å²) in [5.74, 6) is 6.01. The molecular weight excluding hydrogens is 1410 g/mol. The first kappa shape index (κ1) is 78.7. The van der Waals surface area contributed by atoms with Crippen LogP contribution in [-0.4, -0.2) is 174 Å². The minimum Gasteiger partial charge on any atom is -0.492 e. The lowest BCUT2D eigenvalue weighted by Crippen LogP contribution is -2.38. The van der Waals surface area contributed by atoms with Crippen molar-refractivity contribution in [1.82, 2.24) is 39.7 Å². The number of carbonyl (C=O) groups is 3. The maximum atomic E-state index is 13.3. The van der Waals surface area contributed by atoms with Gasteiger partial charge in [-0.3, -0.25) is 24.5 Å². The summed E-state index contributed by atoms with van der Waals surface area (Å²) >= 11 is 0. The molecule has 0 unspecified atom stereocenters. The minimum atomic E-state index is -0.533. The van der Waals surface area contributed by atoms with Crippen molar-refractivity contribution in [3.63, 3.8) is 0 Å². The maximum Gasteiger partial charge on any atom is 0.421 e. The van der Waals surface area contributed by atoms with E-state index in [0.29, 0.717) is 99.5 Å². The molecule has 5 N–H and O–H groups in total. The number of para-hydroxylation sites is 3. The van der Waals surface area contributed by atoms with E-state index in [1.165, 1.54) is 16.1 Å². The number of hydrogen-bond donors (Lipinski definition) is 5. The van der Waals surface area contributed by atoms with Gasteiger partial charge >= 0.3 is 18.2 Å². The van der Waals surface area contributed by atoms with Crippen LogP contribution in [0.1, 0.15) is 57.3 Å². The zero-order chi connectivity index (χ0) is 77.3. The molecule has 2 saturated heterocycles. The second-order valence-corrected chi connectivity index (χ2v) is 27.0. The highest BCUT2D eigenvalue weighted by Gasteiger charge is 2.26. The van der Waals surface area contributed by atoms with Gasteiger partial charge in [-0.2, -0.15) is 9.97 Å². The third kappa shape index (κ3) is 22.7. The van der Waals surface area contributed by atoms with Gasteiger partial charge in [0.05, 0.1) is 45.7 Å². The van der Waals surface area contributed by atoms with Gasteiger partial charge in [0.1, 0.15) is 78.2 Å². The van der Waals surface area contributed by atoms with Crippen LogP contribution in [0.2, 0.25) is 0 Å². The summed E-state index contributed by atoms with van der Waals surface area (Å²) in [6.07, 6.45) is 16.3. The zero-order valence-corrected chi connectivity index (χ0v) is 63.5. The van der Waals surface area contributed by atoms with Crippen molar-refractivity contribution < 1.29 is 57.4 Å². The van der Waals surface area contributed by atoms with E-state index >= 15 is 0 Å². The van der Waals surface area contributed by atoms with E-state index < -0.39 is 12.2 Å². The summed E-state index contributed by atoms with van der Waals surface area (Å²) < 4.78 is 47.0. The van der Waals surface area contributed by atoms with E-state index in [2.05, 4.69) is 61.0 Å². The van der Waals surface area contributed by atoms with Crippen LogP contribution >= 0.6 is 0 Å². The van der Waals surface area contributed by atoms with Gasteiger partial charge in [0, 0.05) is 117 Å². The molecule has 6 aromatic carbocycles. The number of aromatic nitrogens is 6. The molecule has 8 heterocycles. The van der Waals surface area contributed by atoms with Gasteiger partial charge in [0.25, 0.3) is 0 Å². The van der Waals surface area contributed by atoms with E-state index in [-0.39, 0.29) is 25.2 Å². The molecule has 3 aromatic heterocycles. The summed E-state index contributed by atoms with van der Waals surface area (Å²) in [5.41, 5.74) is 10.6. The Hall–Kier alpha value is -11.9. The number of likely N-dealkylation sites (tertiary alicyclic amines) is 1. The van der Waals surface area contributed by atoms with E-state index in [1.54, 1.807) is 35.5 Å². The summed E-state index contributed by atoms with van der Waals surface area (Å²) in [6, 6.07) is 41.5. The van der Waals surface area contributed by atoms with Gasteiger partial charge in [0.2, 0.25) is 11.9 Å². The fourth-order valence-corrected chi connectivity index (χ4v) is 12.7. The van der Waals surface area contributed by atoms with Crippen LogP contribution in [0.3, 0.4) is 0 Å². The van der Waals surface area contributed by atoms with Crippen molar-refractivity contribution in [3.8, 4) is 28.7 Å². The van der Waals surface area contributed by atoms with E-state index in [4.69, 9.17) is 37.9 Å². The number of rotatable bonds is 11. The smallest absolute Gasteiger partial charge is 0.421 e. The lowest BCUT2D eigenvalue weighted by atomic mass is 10.1. The third-order valence-corrected chi connectivity index (χ3v) is 18.7. The molecule has 14 rings (SSSR count). The predicted molar refractivity (Wildman–Crippen MR) is 428 cm³/mol.